The fourth-order valence-corrected chi connectivity index (χ4v) is 6.15. The molecule has 0 unspecified atom stereocenters. The fourth-order valence-electron chi connectivity index (χ4n) is 4.97. The Morgan fingerprint density at radius 3 is 2.67 bits per heavy atom. The third-order valence-electron chi connectivity index (χ3n) is 6.71. The lowest BCUT2D eigenvalue weighted by Gasteiger charge is -2.26. The van der Waals surface area contributed by atoms with Gasteiger partial charge in [-0.2, -0.15) is 0 Å². The van der Waals surface area contributed by atoms with Crippen LogP contribution in [0.3, 0.4) is 0 Å². The zero-order chi connectivity index (χ0) is 29.4. The number of thiazole rings is 1. The van der Waals surface area contributed by atoms with Crippen LogP contribution in [0.25, 0.3) is 11.8 Å². The number of fused-ring (bicyclic) bond motifs is 2. The molecule has 4 aromatic rings. The molecule has 1 aromatic heterocycles. The van der Waals surface area contributed by atoms with E-state index in [1.54, 1.807) is 47.9 Å². The van der Waals surface area contributed by atoms with E-state index in [0.717, 1.165) is 5.56 Å². The lowest BCUT2D eigenvalue weighted by Crippen LogP contribution is -2.40. The highest BCUT2D eigenvalue weighted by Crippen LogP contribution is 2.40. The summed E-state index contributed by atoms with van der Waals surface area (Å²) in [4.78, 5) is 33.2. The van der Waals surface area contributed by atoms with Crippen molar-refractivity contribution in [2.45, 2.75) is 32.9 Å². The highest BCUT2D eigenvalue weighted by atomic mass is 35.5. The van der Waals surface area contributed by atoms with Gasteiger partial charge in [-0.3, -0.25) is 9.36 Å². The maximum atomic E-state index is 14.2. The summed E-state index contributed by atoms with van der Waals surface area (Å²) in [6.07, 6.45) is 1.67. The van der Waals surface area contributed by atoms with Gasteiger partial charge in [-0.05, 0) is 62.7 Å². The summed E-state index contributed by atoms with van der Waals surface area (Å²) in [6.45, 7) is 5.86. The summed E-state index contributed by atoms with van der Waals surface area (Å²) in [7, 11) is 0. The van der Waals surface area contributed by atoms with Gasteiger partial charge < -0.3 is 18.9 Å². The van der Waals surface area contributed by atoms with Gasteiger partial charge in [0, 0.05) is 16.1 Å². The second-order valence-corrected chi connectivity index (χ2v) is 11.3. The van der Waals surface area contributed by atoms with Crippen molar-refractivity contribution in [1.82, 2.24) is 4.57 Å². The molecule has 0 bridgehead atoms. The molecular weight excluding hydrogens is 576 g/mol. The smallest absolute Gasteiger partial charge is 0.338 e. The number of hydrogen-bond donors (Lipinski definition) is 0. The Morgan fingerprint density at radius 2 is 1.90 bits per heavy atom. The van der Waals surface area contributed by atoms with Crippen LogP contribution in [-0.2, 0) is 9.53 Å². The largest absolute Gasteiger partial charge is 0.490 e. The van der Waals surface area contributed by atoms with Crippen molar-refractivity contribution in [2.24, 2.45) is 4.99 Å². The van der Waals surface area contributed by atoms with E-state index >= 15 is 0 Å². The van der Waals surface area contributed by atoms with Crippen LogP contribution in [0.5, 0.6) is 17.2 Å². The second-order valence-electron chi connectivity index (χ2n) is 9.89. The summed E-state index contributed by atoms with van der Waals surface area (Å²) < 4.78 is 24.6. The van der Waals surface area contributed by atoms with E-state index in [2.05, 4.69) is 0 Å². The van der Waals surface area contributed by atoms with Crippen LogP contribution in [0.15, 0.2) is 82.1 Å². The predicted molar refractivity (Wildman–Crippen MR) is 161 cm³/mol. The molecule has 0 saturated carbocycles. The van der Waals surface area contributed by atoms with E-state index in [9.17, 15) is 9.59 Å². The van der Waals surface area contributed by atoms with Gasteiger partial charge in [-0.25, -0.2) is 9.79 Å². The minimum Gasteiger partial charge on any atom is -0.490 e. The van der Waals surface area contributed by atoms with Crippen LogP contribution in [0.1, 0.15) is 43.5 Å². The molecule has 3 aromatic carbocycles. The maximum Gasteiger partial charge on any atom is 0.338 e. The fraction of sp³-hybridized carbons (Fsp3) is 0.219. The quantitative estimate of drug-likeness (QED) is 0.273. The third-order valence-corrected chi connectivity index (χ3v) is 7.93. The number of carbonyl (C=O) groups is 1. The Labute approximate surface area is 250 Å². The first-order valence-electron chi connectivity index (χ1n) is 13.5. The second kappa shape index (κ2) is 11.5. The molecular formula is C32H27ClN2O6S. The van der Waals surface area contributed by atoms with Crippen molar-refractivity contribution in [1.29, 1.82) is 0 Å². The summed E-state index contributed by atoms with van der Waals surface area (Å²) in [5.74, 6) is 1.17. The molecule has 3 heterocycles. The van der Waals surface area contributed by atoms with E-state index in [0.29, 0.717) is 48.4 Å². The number of ether oxygens (including phenoxy) is 4. The Balaban J connectivity index is 1.63. The first kappa shape index (κ1) is 27.8. The van der Waals surface area contributed by atoms with Crippen molar-refractivity contribution in [3.05, 3.63) is 114 Å². The number of esters is 1. The van der Waals surface area contributed by atoms with Crippen LogP contribution in [0, 0.1) is 0 Å². The van der Waals surface area contributed by atoms with Crippen LogP contribution in [0.4, 0.5) is 0 Å². The molecule has 214 valence electrons. The molecule has 2 aliphatic heterocycles. The Morgan fingerprint density at radius 1 is 1.12 bits per heavy atom. The van der Waals surface area contributed by atoms with Gasteiger partial charge in [0.1, 0.15) is 5.75 Å². The number of benzene rings is 3. The number of rotatable bonds is 7. The van der Waals surface area contributed by atoms with Crippen molar-refractivity contribution in [3.63, 3.8) is 0 Å². The van der Waals surface area contributed by atoms with Gasteiger partial charge in [0.2, 0.25) is 6.79 Å². The number of hydrogen-bond acceptors (Lipinski definition) is 8. The average molecular weight is 603 g/mol. The zero-order valence-electron chi connectivity index (χ0n) is 23.1. The molecule has 6 rings (SSSR count). The van der Waals surface area contributed by atoms with Crippen molar-refractivity contribution >= 4 is 40.7 Å². The minimum atomic E-state index is -0.835. The summed E-state index contributed by atoms with van der Waals surface area (Å²) in [6, 6.07) is 19.3. The topological polar surface area (TPSA) is 88.4 Å². The van der Waals surface area contributed by atoms with Gasteiger partial charge >= 0.3 is 5.97 Å². The molecule has 0 fully saturated rings. The number of carbonyl (C=O) groups excluding carboxylic acids is 1. The van der Waals surface area contributed by atoms with Crippen LogP contribution in [-0.4, -0.2) is 30.0 Å². The van der Waals surface area contributed by atoms with Gasteiger partial charge in [0.15, 0.2) is 16.3 Å². The highest BCUT2D eigenvalue weighted by molar-refractivity contribution is 7.07. The van der Waals surface area contributed by atoms with Crippen LogP contribution < -0.4 is 29.1 Å². The number of halogens is 1. The van der Waals surface area contributed by atoms with Crippen molar-refractivity contribution in [3.8, 4) is 17.2 Å². The molecule has 1 atom stereocenters. The molecule has 0 aliphatic carbocycles. The average Bonchev–Trinajstić information content (AvgIpc) is 3.57. The van der Waals surface area contributed by atoms with E-state index < -0.39 is 12.0 Å². The van der Waals surface area contributed by atoms with Crippen LogP contribution >= 0.6 is 22.9 Å². The minimum absolute atomic E-state index is 0.0777. The Hall–Kier alpha value is -4.34. The molecule has 0 N–H and O–H groups in total. The van der Waals surface area contributed by atoms with E-state index in [1.165, 1.54) is 11.3 Å². The normalized spacial score (nSPS) is 15.9. The monoisotopic (exact) mass is 602 g/mol. The molecule has 2 aliphatic rings. The highest BCUT2D eigenvalue weighted by Gasteiger charge is 2.36. The number of aromatic nitrogens is 1. The first-order valence-corrected chi connectivity index (χ1v) is 14.7. The summed E-state index contributed by atoms with van der Waals surface area (Å²) in [5.41, 5.74) is 2.43. The summed E-state index contributed by atoms with van der Waals surface area (Å²) >= 11 is 7.55. The lowest BCUT2D eigenvalue weighted by atomic mass is 9.93. The molecule has 0 spiro atoms. The maximum absolute atomic E-state index is 14.2. The molecule has 8 nitrogen and oxygen atoms in total. The van der Waals surface area contributed by atoms with E-state index in [1.807, 2.05) is 50.2 Å². The third kappa shape index (κ3) is 5.21. The van der Waals surface area contributed by atoms with Crippen LogP contribution in [0.2, 0.25) is 5.02 Å². The predicted octanol–water partition coefficient (Wildman–Crippen LogP) is 5.10. The molecule has 0 amide bonds. The van der Waals surface area contributed by atoms with Crippen molar-refractivity contribution < 1.29 is 23.7 Å². The first-order chi connectivity index (χ1) is 20.3. The summed E-state index contributed by atoms with van der Waals surface area (Å²) in [5, 5.41) is 0.513. The standard InChI is InChI=1S/C32H27ClN2O6S/c1-4-38-31(37)27-28(19-8-6-5-7-9-19)34-32-35(29(27)20-10-12-24-25(15-20)40-17-39-24)30(36)26(42-32)16-21-14-22(33)11-13-23(21)41-18(2)3/h5-16,18,29H,4,17H2,1-3H3/b26-16+/t29-/m1/s1. The van der Waals surface area contributed by atoms with Gasteiger partial charge in [0.25, 0.3) is 5.56 Å². The Bertz CT molecular complexity index is 1890. The zero-order valence-corrected chi connectivity index (χ0v) is 24.7. The SMILES string of the molecule is CCOC(=O)C1=C(c2ccccc2)N=c2s/c(=C/c3cc(Cl)ccc3OC(C)C)c(=O)n2[C@@H]1c1ccc2c(c1)OCO2. The molecule has 0 saturated heterocycles. The lowest BCUT2D eigenvalue weighted by molar-refractivity contribution is -0.138. The van der Waals surface area contributed by atoms with E-state index in [4.69, 9.17) is 35.5 Å². The van der Waals surface area contributed by atoms with Gasteiger partial charge in [0.05, 0.1) is 34.6 Å². The van der Waals surface area contributed by atoms with E-state index in [-0.39, 0.29) is 30.6 Å². The number of nitrogens with zero attached hydrogens (tertiary/aromatic N) is 2. The molecule has 42 heavy (non-hydrogen) atoms. The molecule has 10 heteroatoms. The van der Waals surface area contributed by atoms with Crippen molar-refractivity contribution in [2.75, 3.05) is 13.4 Å². The van der Waals surface area contributed by atoms with Gasteiger partial charge in [-0.15, -0.1) is 0 Å². The van der Waals surface area contributed by atoms with Gasteiger partial charge in [-0.1, -0.05) is 59.3 Å². The Kier molecular flexibility index (Phi) is 7.62. The molecule has 0 radical (unpaired) electrons.